The lowest BCUT2D eigenvalue weighted by atomic mass is 9.88. The molecule has 0 bridgehead atoms. The molecule has 0 spiro atoms. The van der Waals surface area contributed by atoms with Crippen molar-refractivity contribution >= 4 is 5.91 Å². The highest BCUT2D eigenvalue weighted by atomic mass is 16.5. The Morgan fingerprint density at radius 1 is 1.24 bits per heavy atom. The molecule has 1 amide bonds. The molecule has 1 aromatic carbocycles. The zero-order valence-corrected chi connectivity index (χ0v) is 20.6. The summed E-state index contributed by atoms with van der Waals surface area (Å²) < 4.78 is 5.32. The Kier molecular flexibility index (Phi) is 8.98. The molecule has 2 fully saturated rings. The molecule has 34 heavy (non-hydrogen) atoms. The minimum Gasteiger partial charge on any atom is -0.392 e. The lowest BCUT2D eigenvalue weighted by Gasteiger charge is -2.26. The van der Waals surface area contributed by atoms with Crippen LogP contribution in [0.25, 0.3) is 0 Å². The molecule has 2 N–H and O–H groups in total. The summed E-state index contributed by atoms with van der Waals surface area (Å²) in [5.74, 6) is 1.30. The maximum Gasteiger partial charge on any atom is 0.222 e. The minimum atomic E-state index is -0.526. The van der Waals surface area contributed by atoms with E-state index >= 15 is 0 Å². The molecule has 186 valence electrons. The summed E-state index contributed by atoms with van der Waals surface area (Å²) in [5.41, 5.74) is 3.86. The van der Waals surface area contributed by atoms with Gasteiger partial charge in [0, 0.05) is 31.8 Å². The summed E-state index contributed by atoms with van der Waals surface area (Å²) in [5, 5.41) is 21.1. The van der Waals surface area contributed by atoms with Gasteiger partial charge in [-0.25, -0.2) is 0 Å². The van der Waals surface area contributed by atoms with Crippen molar-refractivity contribution in [2.45, 2.75) is 70.5 Å². The molecule has 1 aromatic rings. The second-order valence-electron chi connectivity index (χ2n) is 10.4. The van der Waals surface area contributed by atoms with Gasteiger partial charge in [0.2, 0.25) is 5.91 Å². The highest BCUT2D eigenvalue weighted by molar-refractivity contribution is 5.76. The maximum absolute atomic E-state index is 12.3. The van der Waals surface area contributed by atoms with Crippen LogP contribution in [0.4, 0.5) is 0 Å². The first-order valence-corrected chi connectivity index (χ1v) is 13.1. The second kappa shape index (κ2) is 12.1. The molecule has 0 unspecified atom stereocenters. The molecular weight excluding hydrogens is 426 g/mol. The van der Waals surface area contributed by atoms with Crippen LogP contribution in [0.2, 0.25) is 0 Å². The van der Waals surface area contributed by atoms with Crippen molar-refractivity contribution < 1.29 is 19.7 Å². The molecule has 3 aliphatic rings. The first-order chi connectivity index (χ1) is 16.5. The number of morpholine rings is 1. The van der Waals surface area contributed by atoms with E-state index in [4.69, 9.17) is 4.74 Å². The normalized spacial score (nSPS) is 27.7. The van der Waals surface area contributed by atoms with E-state index in [1.165, 1.54) is 11.1 Å². The largest absolute Gasteiger partial charge is 0.392 e. The third-order valence-electron chi connectivity index (χ3n) is 7.79. The molecule has 1 heterocycles. The SMILES string of the molecule is Cc1cccc(C[C@H](O)/C=C/[C@@H]2[C@H]3CC(CCCCCC(=O)N4CCOCC4)=C[C@H]3C[C@H]2O)c1. The van der Waals surface area contributed by atoms with Gasteiger partial charge in [-0.2, -0.15) is 0 Å². The molecule has 2 aliphatic carbocycles. The number of carbonyl (C=O) groups is 1. The maximum atomic E-state index is 12.3. The Balaban J connectivity index is 1.17. The first kappa shape index (κ1) is 25.2. The standard InChI is InChI=1S/C29H41NO4/c1-21-6-5-8-22(16-21)18-25(31)10-11-26-27-19-23(17-24(27)20-28(26)32)7-3-2-4-9-29(33)30-12-14-34-15-13-30/h5-6,8,10-11,16-17,24-28,31-32H,2-4,7,9,12-15,18-20H2,1H3/b11-10+/t24-,25+,26+,27-,28+/m0/s1. The van der Waals surface area contributed by atoms with Gasteiger partial charge in [-0.05, 0) is 56.4 Å². The third kappa shape index (κ3) is 6.80. The number of aryl methyl sites for hydroxylation is 1. The fourth-order valence-electron chi connectivity index (χ4n) is 5.97. The van der Waals surface area contributed by atoms with Crippen molar-refractivity contribution in [3.63, 3.8) is 0 Å². The van der Waals surface area contributed by atoms with E-state index in [1.807, 2.05) is 17.0 Å². The summed E-state index contributed by atoms with van der Waals surface area (Å²) >= 11 is 0. The molecule has 0 aromatic heterocycles. The van der Waals surface area contributed by atoms with Gasteiger partial charge in [-0.15, -0.1) is 0 Å². The zero-order chi connectivity index (χ0) is 23.9. The van der Waals surface area contributed by atoms with Crippen LogP contribution < -0.4 is 0 Å². The molecule has 5 heteroatoms. The Labute approximate surface area is 204 Å². The van der Waals surface area contributed by atoms with E-state index in [1.54, 1.807) is 0 Å². The van der Waals surface area contributed by atoms with E-state index in [9.17, 15) is 15.0 Å². The van der Waals surface area contributed by atoms with E-state index in [2.05, 4.69) is 37.3 Å². The summed E-state index contributed by atoms with van der Waals surface area (Å²) in [6.45, 7) is 4.87. The number of aliphatic hydroxyl groups is 2. The van der Waals surface area contributed by atoms with Crippen molar-refractivity contribution in [2.75, 3.05) is 26.3 Å². The summed E-state index contributed by atoms with van der Waals surface area (Å²) in [6.07, 6.45) is 12.9. The van der Waals surface area contributed by atoms with Gasteiger partial charge in [0.05, 0.1) is 25.4 Å². The van der Waals surface area contributed by atoms with Gasteiger partial charge in [0.25, 0.3) is 0 Å². The van der Waals surface area contributed by atoms with Gasteiger partial charge in [-0.3, -0.25) is 4.79 Å². The van der Waals surface area contributed by atoms with Crippen molar-refractivity contribution in [3.8, 4) is 0 Å². The molecule has 0 radical (unpaired) electrons. The quantitative estimate of drug-likeness (QED) is 0.400. The minimum absolute atomic E-state index is 0.122. The number of aliphatic hydroxyl groups excluding tert-OH is 2. The Hall–Kier alpha value is -1.95. The van der Waals surface area contributed by atoms with Crippen LogP contribution in [0.3, 0.4) is 0 Å². The third-order valence-corrected chi connectivity index (χ3v) is 7.79. The predicted molar refractivity (Wildman–Crippen MR) is 134 cm³/mol. The number of rotatable bonds is 10. The van der Waals surface area contributed by atoms with Crippen LogP contribution in [0, 0.1) is 24.7 Å². The molecule has 5 nitrogen and oxygen atoms in total. The van der Waals surface area contributed by atoms with Crippen LogP contribution in [-0.4, -0.2) is 59.5 Å². The van der Waals surface area contributed by atoms with E-state index in [0.717, 1.165) is 57.2 Å². The molecule has 4 rings (SSSR count). The Bertz CT molecular complexity index is 873. The predicted octanol–water partition coefficient (Wildman–Crippen LogP) is 4.21. The Morgan fingerprint density at radius 3 is 2.85 bits per heavy atom. The smallest absolute Gasteiger partial charge is 0.222 e. The number of fused-ring (bicyclic) bond motifs is 1. The fraction of sp³-hybridized carbons (Fsp3) is 0.621. The second-order valence-corrected chi connectivity index (χ2v) is 10.4. The highest BCUT2D eigenvalue weighted by Gasteiger charge is 2.43. The summed E-state index contributed by atoms with van der Waals surface area (Å²) in [4.78, 5) is 14.2. The lowest BCUT2D eigenvalue weighted by Crippen LogP contribution is -2.40. The number of unbranched alkanes of at least 4 members (excludes halogenated alkanes) is 2. The number of nitrogens with zero attached hydrogens (tertiary/aromatic N) is 1. The summed E-state index contributed by atoms with van der Waals surface area (Å²) in [7, 11) is 0. The Morgan fingerprint density at radius 2 is 2.06 bits per heavy atom. The van der Waals surface area contributed by atoms with Crippen LogP contribution >= 0.6 is 0 Å². The van der Waals surface area contributed by atoms with Crippen LogP contribution in [0.1, 0.15) is 56.1 Å². The number of amides is 1. The topological polar surface area (TPSA) is 70.0 Å². The number of carbonyl (C=O) groups excluding carboxylic acids is 1. The number of hydrogen-bond donors (Lipinski definition) is 2. The van der Waals surface area contributed by atoms with Gasteiger partial charge in [-0.1, -0.05) is 60.1 Å². The van der Waals surface area contributed by atoms with Crippen molar-refractivity contribution in [1.29, 1.82) is 0 Å². The molecule has 1 saturated carbocycles. The van der Waals surface area contributed by atoms with E-state index in [0.29, 0.717) is 37.9 Å². The first-order valence-electron chi connectivity index (χ1n) is 13.1. The molecule has 1 aliphatic heterocycles. The molecule has 5 atom stereocenters. The van der Waals surface area contributed by atoms with Gasteiger partial charge in [0.1, 0.15) is 0 Å². The van der Waals surface area contributed by atoms with Gasteiger partial charge >= 0.3 is 0 Å². The number of ether oxygens (including phenoxy) is 1. The number of allylic oxidation sites excluding steroid dienone is 2. The van der Waals surface area contributed by atoms with Crippen LogP contribution in [0.15, 0.2) is 48.1 Å². The van der Waals surface area contributed by atoms with Crippen molar-refractivity contribution in [3.05, 3.63) is 59.2 Å². The lowest BCUT2D eigenvalue weighted by molar-refractivity contribution is -0.135. The average Bonchev–Trinajstić information content (AvgIpc) is 3.34. The van der Waals surface area contributed by atoms with Crippen molar-refractivity contribution in [1.82, 2.24) is 4.90 Å². The van der Waals surface area contributed by atoms with E-state index < -0.39 is 6.10 Å². The van der Waals surface area contributed by atoms with Gasteiger partial charge < -0.3 is 19.8 Å². The zero-order valence-electron chi connectivity index (χ0n) is 20.6. The highest BCUT2D eigenvalue weighted by Crippen LogP contribution is 2.48. The number of hydrogen-bond acceptors (Lipinski definition) is 4. The monoisotopic (exact) mass is 467 g/mol. The number of benzene rings is 1. The van der Waals surface area contributed by atoms with Crippen molar-refractivity contribution in [2.24, 2.45) is 17.8 Å². The average molecular weight is 468 g/mol. The molecular formula is C29H41NO4. The molecule has 1 saturated heterocycles. The fourth-order valence-corrected chi connectivity index (χ4v) is 5.97. The van der Waals surface area contributed by atoms with Crippen LogP contribution in [0.5, 0.6) is 0 Å². The van der Waals surface area contributed by atoms with Gasteiger partial charge in [0.15, 0.2) is 0 Å². The van der Waals surface area contributed by atoms with Crippen LogP contribution in [-0.2, 0) is 16.0 Å². The summed E-state index contributed by atoms with van der Waals surface area (Å²) in [6, 6.07) is 8.26. The van der Waals surface area contributed by atoms with E-state index in [-0.39, 0.29) is 17.9 Å².